The minimum atomic E-state index is 0.663. The third kappa shape index (κ3) is 4.24. The Morgan fingerprint density at radius 3 is 2.81 bits per heavy atom. The zero-order valence-corrected chi connectivity index (χ0v) is 17.3. The van der Waals surface area contributed by atoms with Gasteiger partial charge < -0.3 is 9.64 Å². The maximum Gasteiger partial charge on any atom is 0.160 e. The lowest BCUT2D eigenvalue weighted by Crippen LogP contribution is -2.37. The van der Waals surface area contributed by atoms with E-state index in [9.17, 15) is 0 Å². The molecule has 4 aromatic rings. The Hall–Kier alpha value is -3.78. The molecular formula is C23H23N7O. The monoisotopic (exact) mass is 413 g/mol. The van der Waals surface area contributed by atoms with Gasteiger partial charge in [-0.15, -0.1) is 0 Å². The van der Waals surface area contributed by atoms with Gasteiger partial charge >= 0.3 is 0 Å². The molecule has 0 bridgehead atoms. The van der Waals surface area contributed by atoms with E-state index < -0.39 is 0 Å². The maximum atomic E-state index is 5.53. The Labute approximate surface area is 180 Å². The summed E-state index contributed by atoms with van der Waals surface area (Å²) in [5.74, 6) is 1.62. The minimum absolute atomic E-state index is 0.663. The highest BCUT2D eigenvalue weighted by molar-refractivity contribution is 5.80. The predicted molar refractivity (Wildman–Crippen MR) is 122 cm³/mol. The van der Waals surface area contributed by atoms with Gasteiger partial charge in [-0.3, -0.25) is 10.4 Å². The van der Waals surface area contributed by atoms with Crippen LogP contribution in [0.5, 0.6) is 0 Å². The molecule has 8 nitrogen and oxygen atoms in total. The van der Waals surface area contributed by atoms with Gasteiger partial charge in [-0.05, 0) is 24.6 Å². The molecule has 0 saturated carbocycles. The molecule has 1 aliphatic rings. The van der Waals surface area contributed by atoms with Crippen molar-refractivity contribution in [1.82, 2.24) is 19.6 Å². The highest BCUT2D eigenvalue weighted by atomic mass is 16.5. The largest absolute Gasteiger partial charge is 0.378 e. The quantitative estimate of drug-likeness (QED) is 0.399. The highest BCUT2D eigenvalue weighted by Crippen LogP contribution is 2.25. The second-order valence-electron chi connectivity index (χ2n) is 7.42. The maximum absolute atomic E-state index is 5.53. The molecule has 1 fully saturated rings. The van der Waals surface area contributed by atoms with Gasteiger partial charge in [-0.2, -0.15) is 14.7 Å². The van der Waals surface area contributed by atoms with E-state index in [-0.39, 0.29) is 0 Å². The number of nitrogens with zero attached hydrogens (tertiary/aromatic N) is 6. The van der Waals surface area contributed by atoms with E-state index in [1.54, 1.807) is 12.4 Å². The van der Waals surface area contributed by atoms with Crippen LogP contribution in [-0.2, 0) is 4.74 Å². The molecule has 3 aromatic heterocycles. The van der Waals surface area contributed by atoms with E-state index in [0.29, 0.717) is 19.0 Å². The Balaban J connectivity index is 1.50. The van der Waals surface area contributed by atoms with Gasteiger partial charge in [0.15, 0.2) is 11.5 Å². The number of ether oxygens (including phenoxy) is 1. The second-order valence-corrected chi connectivity index (χ2v) is 7.42. The average molecular weight is 413 g/mol. The predicted octanol–water partition coefficient (Wildman–Crippen LogP) is 3.38. The number of hydrazone groups is 1. The van der Waals surface area contributed by atoms with E-state index in [1.165, 1.54) is 5.56 Å². The molecule has 0 atom stereocenters. The number of pyridine rings is 1. The number of nitrogens with one attached hydrogen (secondary N) is 1. The van der Waals surface area contributed by atoms with Crippen LogP contribution in [0.25, 0.3) is 16.9 Å². The molecule has 31 heavy (non-hydrogen) atoms. The lowest BCUT2D eigenvalue weighted by molar-refractivity contribution is 0.122. The van der Waals surface area contributed by atoms with Crippen LogP contribution in [0.1, 0.15) is 11.1 Å². The van der Waals surface area contributed by atoms with Crippen molar-refractivity contribution in [1.29, 1.82) is 0 Å². The molecule has 0 aliphatic carbocycles. The van der Waals surface area contributed by atoms with Gasteiger partial charge in [-0.25, -0.2) is 4.98 Å². The second kappa shape index (κ2) is 8.53. The van der Waals surface area contributed by atoms with Crippen molar-refractivity contribution in [3.05, 3.63) is 72.1 Å². The normalized spacial score (nSPS) is 14.4. The summed E-state index contributed by atoms with van der Waals surface area (Å²) in [7, 11) is 0. The Morgan fingerprint density at radius 1 is 1.10 bits per heavy atom. The number of rotatable bonds is 5. The van der Waals surface area contributed by atoms with E-state index >= 15 is 0 Å². The molecule has 1 N–H and O–H groups in total. The fourth-order valence-corrected chi connectivity index (χ4v) is 3.61. The van der Waals surface area contributed by atoms with Crippen LogP contribution in [-0.4, -0.2) is 52.1 Å². The lowest BCUT2D eigenvalue weighted by atomic mass is 10.2. The average Bonchev–Trinajstić information content (AvgIpc) is 3.24. The number of hydrogen-bond acceptors (Lipinski definition) is 7. The van der Waals surface area contributed by atoms with E-state index in [1.807, 2.05) is 47.1 Å². The summed E-state index contributed by atoms with van der Waals surface area (Å²) in [6.45, 7) is 5.04. The van der Waals surface area contributed by atoms with Gasteiger partial charge in [0.05, 0.1) is 25.1 Å². The molecule has 1 saturated heterocycles. The molecule has 0 radical (unpaired) electrons. The fraction of sp³-hybridized carbons (Fsp3) is 0.217. The van der Waals surface area contributed by atoms with Gasteiger partial charge in [0.1, 0.15) is 5.82 Å². The van der Waals surface area contributed by atoms with Crippen molar-refractivity contribution in [2.45, 2.75) is 6.92 Å². The summed E-state index contributed by atoms with van der Waals surface area (Å²) in [5, 5.41) is 9.19. The number of benzene rings is 1. The molecule has 8 heteroatoms. The van der Waals surface area contributed by atoms with Gasteiger partial charge in [0.2, 0.25) is 0 Å². The van der Waals surface area contributed by atoms with E-state index in [0.717, 1.165) is 41.4 Å². The molecule has 0 amide bonds. The Morgan fingerprint density at radius 2 is 2.00 bits per heavy atom. The SMILES string of the molecule is Cc1cccc(C=NNc2cc(N3CCOCC3)n3nc(-c4cccnc4)cc3n2)c1. The first-order valence-corrected chi connectivity index (χ1v) is 10.3. The first-order valence-electron chi connectivity index (χ1n) is 10.3. The standard InChI is InChI=1S/C23H23N7O/c1-17-4-2-5-18(12-17)15-25-27-21-14-23(29-8-10-31-11-9-29)30-22(26-21)13-20(28-30)19-6-3-7-24-16-19/h2-7,12-16H,8-11H2,1H3,(H,26,27). The first-order chi connectivity index (χ1) is 15.3. The van der Waals surface area contributed by atoms with Crippen molar-refractivity contribution in [3.8, 4) is 11.3 Å². The summed E-state index contributed by atoms with van der Waals surface area (Å²) < 4.78 is 7.41. The van der Waals surface area contributed by atoms with Crippen LogP contribution >= 0.6 is 0 Å². The van der Waals surface area contributed by atoms with Crippen molar-refractivity contribution in [3.63, 3.8) is 0 Å². The summed E-state index contributed by atoms with van der Waals surface area (Å²) in [4.78, 5) is 11.2. The molecule has 156 valence electrons. The summed E-state index contributed by atoms with van der Waals surface area (Å²) >= 11 is 0. The van der Waals surface area contributed by atoms with Crippen LogP contribution in [0.3, 0.4) is 0 Å². The van der Waals surface area contributed by atoms with Crippen LogP contribution in [0.2, 0.25) is 0 Å². The third-order valence-electron chi connectivity index (χ3n) is 5.14. The molecule has 4 heterocycles. The van der Waals surface area contributed by atoms with Crippen molar-refractivity contribution in [2.24, 2.45) is 5.10 Å². The van der Waals surface area contributed by atoms with Gasteiger partial charge in [0, 0.05) is 43.2 Å². The van der Waals surface area contributed by atoms with Crippen LogP contribution in [0, 0.1) is 6.92 Å². The number of aryl methyl sites for hydroxylation is 1. The Bertz CT molecular complexity index is 1210. The van der Waals surface area contributed by atoms with E-state index in [2.05, 4.69) is 39.5 Å². The number of anilines is 2. The zero-order chi connectivity index (χ0) is 21.0. The minimum Gasteiger partial charge on any atom is -0.378 e. The number of aromatic nitrogens is 4. The van der Waals surface area contributed by atoms with Crippen molar-refractivity contribution in [2.75, 3.05) is 36.6 Å². The number of morpholine rings is 1. The summed E-state index contributed by atoms with van der Waals surface area (Å²) in [5.41, 5.74) is 7.83. The molecule has 1 aliphatic heterocycles. The molecular weight excluding hydrogens is 390 g/mol. The van der Waals surface area contributed by atoms with Crippen molar-refractivity contribution < 1.29 is 4.74 Å². The topological polar surface area (TPSA) is 79.9 Å². The van der Waals surface area contributed by atoms with Crippen LogP contribution in [0.15, 0.2) is 66.0 Å². The first kappa shape index (κ1) is 19.2. The lowest BCUT2D eigenvalue weighted by Gasteiger charge is -2.29. The Kier molecular flexibility index (Phi) is 5.28. The molecule has 1 aromatic carbocycles. The molecule has 5 rings (SSSR count). The smallest absolute Gasteiger partial charge is 0.160 e. The molecule has 0 unspecified atom stereocenters. The number of fused-ring (bicyclic) bond motifs is 1. The zero-order valence-electron chi connectivity index (χ0n) is 17.3. The van der Waals surface area contributed by atoms with Crippen molar-refractivity contribution >= 4 is 23.5 Å². The van der Waals surface area contributed by atoms with Gasteiger partial charge in [-0.1, -0.05) is 29.8 Å². The third-order valence-corrected chi connectivity index (χ3v) is 5.14. The molecule has 0 spiro atoms. The fourth-order valence-electron chi connectivity index (χ4n) is 3.61. The van der Waals surface area contributed by atoms with Crippen LogP contribution < -0.4 is 10.3 Å². The van der Waals surface area contributed by atoms with Crippen LogP contribution in [0.4, 0.5) is 11.6 Å². The van der Waals surface area contributed by atoms with Gasteiger partial charge in [0.25, 0.3) is 0 Å². The van der Waals surface area contributed by atoms with E-state index in [4.69, 9.17) is 14.8 Å². The highest BCUT2D eigenvalue weighted by Gasteiger charge is 2.18. The number of hydrogen-bond donors (Lipinski definition) is 1. The summed E-state index contributed by atoms with van der Waals surface area (Å²) in [6.07, 6.45) is 5.36. The summed E-state index contributed by atoms with van der Waals surface area (Å²) in [6, 6.07) is 16.0.